The number of carbonyl (C=O) groups excluding carboxylic acids is 2. The second kappa shape index (κ2) is 9.64. The molecule has 0 fully saturated rings. The molecule has 134 valence electrons. The Morgan fingerprint density at radius 3 is 2.36 bits per heavy atom. The molecule has 0 heterocycles. The Labute approximate surface area is 149 Å². The lowest BCUT2D eigenvalue weighted by Crippen LogP contribution is -2.44. The Kier molecular flexibility index (Phi) is 7.89. The van der Waals surface area contributed by atoms with Crippen LogP contribution in [0, 0.1) is 18.3 Å². The summed E-state index contributed by atoms with van der Waals surface area (Å²) in [6, 6.07) is 8.77. The third-order valence-electron chi connectivity index (χ3n) is 3.49. The van der Waals surface area contributed by atoms with Gasteiger partial charge in [0.15, 0.2) is 0 Å². The summed E-state index contributed by atoms with van der Waals surface area (Å²) in [6.45, 7) is 4.35. The summed E-state index contributed by atoms with van der Waals surface area (Å²) in [4.78, 5) is 26.1. The predicted molar refractivity (Wildman–Crippen MR) is 97.4 cm³/mol. The van der Waals surface area contributed by atoms with Gasteiger partial charge in [-0.25, -0.2) is 13.1 Å². The van der Waals surface area contributed by atoms with E-state index in [1.165, 1.54) is 11.0 Å². The van der Waals surface area contributed by atoms with Crippen molar-refractivity contribution in [3.63, 3.8) is 0 Å². The molecule has 0 radical (unpaired) electrons. The molecule has 2 amide bonds. The number of rotatable bonds is 8. The first-order valence-electron chi connectivity index (χ1n) is 7.86. The van der Waals surface area contributed by atoms with Crippen LogP contribution >= 0.6 is 0 Å². The fourth-order valence-electron chi connectivity index (χ4n) is 2.14. The van der Waals surface area contributed by atoms with Gasteiger partial charge in [-0.3, -0.25) is 9.59 Å². The minimum atomic E-state index is -4.03. The summed E-state index contributed by atoms with van der Waals surface area (Å²) in [5.41, 5.74) is 0.666. The SMILES string of the molecule is C#CCC(C(=O)NS(=O)(=O)C=Cc1ccccc1)C(=O)N(CC)CC. The van der Waals surface area contributed by atoms with Crippen LogP contribution in [0.15, 0.2) is 35.7 Å². The van der Waals surface area contributed by atoms with Crippen LogP contribution in [-0.4, -0.2) is 38.2 Å². The number of benzene rings is 1. The van der Waals surface area contributed by atoms with Crippen molar-refractivity contribution in [1.29, 1.82) is 0 Å². The Hall–Kier alpha value is -2.59. The van der Waals surface area contributed by atoms with Gasteiger partial charge in [0.1, 0.15) is 5.92 Å². The molecule has 7 heteroatoms. The van der Waals surface area contributed by atoms with Gasteiger partial charge in [-0.2, -0.15) is 0 Å². The number of nitrogens with zero attached hydrogens (tertiary/aromatic N) is 1. The van der Waals surface area contributed by atoms with Gasteiger partial charge in [0.05, 0.1) is 5.41 Å². The van der Waals surface area contributed by atoms with Crippen LogP contribution in [0.5, 0.6) is 0 Å². The van der Waals surface area contributed by atoms with Crippen LogP contribution in [0.4, 0.5) is 0 Å². The predicted octanol–water partition coefficient (Wildman–Crippen LogP) is 1.61. The topological polar surface area (TPSA) is 83.5 Å². The summed E-state index contributed by atoms with van der Waals surface area (Å²) in [6.07, 6.45) is 6.41. The van der Waals surface area contributed by atoms with Crippen LogP contribution in [0.25, 0.3) is 6.08 Å². The van der Waals surface area contributed by atoms with Crippen molar-refractivity contribution in [2.24, 2.45) is 5.92 Å². The lowest BCUT2D eigenvalue weighted by molar-refractivity contribution is -0.141. The first-order chi connectivity index (χ1) is 11.8. The third kappa shape index (κ3) is 6.43. The van der Waals surface area contributed by atoms with Gasteiger partial charge in [-0.1, -0.05) is 30.3 Å². The minimum absolute atomic E-state index is 0.168. The molecule has 1 unspecified atom stereocenters. The van der Waals surface area contributed by atoms with E-state index in [9.17, 15) is 18.0 Å². The molecule has 0 aromatic heterocycles. The van der Waals surface area contributed by atoms with Crippen LogP contribution in [0.3, 0.4) is 0 Å². The second-order valence-corrected chi connectivity index (χ2v) is 6.76. The molecule has 0 aliphatic heterocycles. The zero-order chi connectivity index (χ0) is 18.9. The molecule has 25 heavy (non-hydrogen) atoms. The molecule has 1 rings (SSSR count). The molecule has 1 aromatic carbocycles. The van der Waals surface area contributed by atoms with Crippen molar-refractivity contribution < 1.29 is 18.0 Å². The van der Waals surface area contributed by atoms with Gasteiger partial charge >= 0.3 is 0 Å². The van der Waals surface area contributed by atoms with E-state index in [-0.39, 0.29) is 6.42 Å². The van der Waals surface area contributed by atoms with Gasteiger partial charge in [0.2, 0.25) is 11.8 Å². The van der Waals surface area contributed by atoms with E-state index in [4.69, 9.17) is 6.42 Å². The first-order valence-corrected chi connectivity index (χ1v) is 9.41. The highest BCUT2D eigenvalue weighted by Crippen LogP contribution is 2.10. The van der Waals surface area contributed by atoms with Crippen molar-refractivity contribution >= 4 is 27.9 Å². The zero-order valence-corrected chi connectivity index (χ0v) is 15.1. The molecule has 0 bridgehead atoms. The number of amides is 2. The highest BCUT2D eigenvalue weighted by molar-refractivity contribution is 7.93. The van der Waals surface area contributed by atoms with Crippen LogP contribution in [0.2, 0.25) is 0 Å². The van der Waals surface area contributed by atoms with Gasteiger partial charge in [-0.15, -0.1) is 12.3 Å². The quantitative estimate of drug-likeness (QED) is 0.562. The van der Waals surface area contributed by atoms with E-state index in [2.05, 4.69) is 5.92 Å². The number of terminal acetylenes is 1. The summed E-state index contributed by atoms with van der Waals surface area (Å²) < 4.78 is 26.0. The normalized spacial score (nSPS) is 12.4. The van der Waals surface area contributed by atoms with E-state index in [1.54, 1.807) is 44.2 Å². The zero-order valence-electron chi connectivity index (χ0n) is 14.3. The molecule has 0 aliphatic carbocycles. The van der Waals surface area contributed by atoms with Gasteiger partial charge in [0, 0.05) is 19.5 Å². The number of nitrogens with one attached hydrogen (secondary N) is 1. The smallest absolute Gasteiger partial charge is 0.257 e. The average molecular weight is 362 g/mol. The Morgan fingerprint density at radius 1 is 1.24 bits per heavy atom. The van der Waals surface area contributed by atoms with Crippen molar-refractivity contribution in [3.8, 4) is 12.3 Å². The molecular formula is C18H22N2O4S. The van der Waals surface area contributed by atoms with Crippen LogP contribution in [-0.2, 0) is 19.6 Å². The highest BCUT2D eigenvalue weighted by Gasteiger charge is 2.30. The summed E-state index contributed by atoms with van der Waals surface area (Å²) in [5.74, 6) is -0.384. The number of carbonyl (C=O) groups is 2. The summed E-state index contributed by atoms with van der Waals surface area (Å²) in [5, 5.41) is 0.884. The van der Waals surface area contributed by atoms with Crippen molar-refractivity contribution in [3.05, 3.63) is 41.3 Å². The standard InChI is InChI=1S/C18H22N2O4S/c1-4-10-16(18(22)20(5-2)6-3)17(21)19-25(23,24)14-13-15-11-8-7-9-12-15/h1,7-9,11-14,16H,5-6,10H2,2-3H3,(H,19,21). The Balaban J connectivity index is 2.90. The average Bonchev–Trinajstić information content (AvgIpc) is 2.59. The highest BCUT2D eigenvalue weighted by atomic mass is 32.2. The molecule has 6 nitrogen and oxygen atoms in total. The minimum Gasteiger partial charge on any atom is -0.343 e. The molecule has 1 atom stereocenters. The first kappa shape index (κ1) is 20.5. The van der Waals surface area contributed by atoms with Crippen molar-refractivity contribution in [1.82, 2.24) is 9.62 Å². The molecule has 0 saturated carbocycles. The van der Waals surface area contributed by atoms with Gasteiger partial charge in [0.25, 0.3) is 10.0 Å². The van der Waals surface area contributed by atoms with E-state index < -0.39 is 27.8 Å². The van der Waals surface area contributed by atoms with E-state index >= 15 is 0 Å². The monoisotopic (exact) mass is 362 g/mol. The van der Waals surface area contributed by atoms with Crippen LogP contribution < -0.4 is 4.72 Å². The fraction of sp³-hybridized carbons (Fsp3) is 0.333. The van der Waals surface area contributed by atoms with Gasteiger partial charge < -0.3 is 4.90 Å². The molecule has 1 N–H and O–H groups in total. The lowest BCUT2D eigenvalue weighted by Gasteiger charge is -2.23. The molecule has 0 spiro atoms. The molecule has 1 aromatic rings. The maximum absolute atomic E-state index is 12.4. The van der Waals surface area contributed by atoms with Crippen LogP contribution in [0.1, 0.15) is 25.8 Å². The lowest BCUT2D eigenvalue weighted by atomic mass is 10.0. The maximum Gasteiger partial charge on any atom is 0.257 e. The summed E-state index contributed by atoms with van der Waals surface area (Å²) >= 11 is 0. The van der Waals surface area contributed by atoms with Crippen molar-refractivity contribution in [2.75, 3.05) is 13.1 Å². The van der Waals surface area contributed by atoms with E-state index in [1.807, 2.05) is 4.72 Å². The Bertz CT molecular complexity index is 760. The molecular weight excluding hydrogens is 340 g/mol. The maximum atomic E-state index is 12.4. The second-order valence-electron chi connectivity index (χ2n) is 5.20. The summed E-state index contributed by atoms with van der Waals surface area (Å²) in [7, 11) is -4.03. The van der Waals surface area contributed by atoms with E-state index in [0.29, 0.717) is 18.7 Å². The number of sulfonamides is 1. The van der Waals surface area contributed by atoms with E-state index in [0.717, 1.165) is 5.41 Å². The third-order valence-corrected chi connectivity index (χ3v) is 4.47. The number of hydrogen-bond donors (Lipinski definition) is 1. The number of hydrogen-bond acceptors (Lipinski definition) is 4. The largest absolute Gasteiger partial charge is 0.343 e. The molecule has 0 aliphatic rings. The molecule has 0 saturated heterocycles. The van der Waals surface area contributed by atoms with Gasteiger partial charge in [-0.05, 0) is 25.5 Å². The Morgan fingerprint density at radius 2 is 1.84 bits per heavy atom. The fourth-order valence-corrected chi connectivity index (χ4v) is 2.97. The van der Waals surface area contributed by atoms with Crippen molar-refractivity contribution in [2.45, 2.75) is 20.3 Å².